The molecule has 8 heteroatoms. The average molecular weight is 358 g/mol. The maximum atomic E-state index is 12.4. The van der Waals surface area contributed by atoms with Gasteiger partial charge in [0.1, 0.15) is 5.75 Å². The summed E-state index contributed by atoms with van der Waals surface area (Å²) in [4.78, 5) is 24.4. The molecule has 1 aliphatic heterocycles. The van der Waals surface area contributed by atoms with E-state index in [-0.39, 0.29) is 37.9 Å². The van der Waals surface area contributed by atoms with Crippen molar-refractivity contribution in [3.05, 3.63) is 24.3 Å². The largest absolute Gasteiger partial charge is 0.489 e. The maximum absolute atomic E-state index is 12.4. The molecule has 0 aliphatic carbocycles. The van der Waals surface area contributed by atoms with Crippen molar-refractivity contribution in [3.8, 4) is 5.75 Å². The first-order chi connectivity index (χ1) is 11.7. The molecule has 1 heterocycles. The number of amides is 2. The van der Waals surface area contributed by atoms with Gasteiger partial charge in [0.2, 0.25) is 5.91 Å². The lowest BCUT2D eigenvalue weighted by Crippen LogP contribution is -2.46. The fourth-order valence-corrected chi connectivity index (χ4v) is 2.69. The Balaban J connectivity index is 1.95. The number of nitrogens with one attached hydrogen (secondary N) is 1. The lowest BCUT2D eigenvalue weighted by atomic mass is 9.95. The SMILES string of the molecule is CC(C)Oc1ccccc1NC(=O)C1CCN(C(=O)C(F)(F)F)CC1. The van der Waals surface area contributed by atoms with Crippen molar-refractivity contribution in [1.82, 2.24) is 4.90 Å². The normalized spacial score (nSPS) is 16.0. The second-order valence-electron chi connectivity index (χ2n) is 6.22. The number of halogens is 3. The van der Waals surface area contributed by atoms with Crippen LogP contribution in [0.1, 0.15) is 26.7 Å². The molecule has 0 bridgehead atoms. The van der Waals surface area contributed by atoms with Crippen molar-refractivity contribution >= 4 is 17.5 Å². The molecule has 0 aromatic heterocycles. The van der Waals surface area contributed by atoms with Crippen molar-refractivity contribution in [2.75, 3.05) is 18.4 Å². The van der Waals surface area contributed by atoms with E-state index in [0.717, 1.165) is 4.90 Å². The zero-order valence-corrected chi connectivity index (χ0v) is 14.1. The molecule has 5 nitrogen and oxygen atoms in total. The third-order valence-corrected chi connectivity index (χ3v) is 3.90. The molecule has 0 atom stereocenters. The van der Waals surface area contributed by atoms with Gasteiger partial charge >= 0.3 is 12.1 Å². The van der Waals surface area contributed by atoms with E-state index in [2.05, 4.69) is 5.32 Å². The van der Waals surface area contributed by atoms with Crippen LogP contribution in [0.25, 0.3) is 0 Å². The summed E-state index contributed by atoms with van der Waals surface area (Å²) in [5.41, 5.74) is 0.523. The zero-order chi connectivity index (χ0) is 18.6. The number of likely N-dealkylation sites (tertiary alicyclic amines) is 1. The number of carbonyl (C=O) groups is 2. The Hall–Kier alpha value is -2.25. The number of hydrogen-bond acceptors (Lipinski definition) is 3. The van der Waals surface area contributed by atoms with Crippen LogP contribution in [-0.2, 0) is 9.59 Å². The van der Waals surface area contributed by atoms with Crippen molar-refractivity contribution in [2.24, 2.45) is 5.92 Å². The lowest BCUT2D eigenvalue weighted by molar-refractivity contribution is -0.186. The van der Waals surface area contributed by atoms with E-state index in [1.54, 1.807) is 24.3 Å². The summed E-state index contributed by atoms with van der Waals surface area (Å²) in [6.07, 6.45) is -4.54. The molecule has 2 rings (SSSR count). The van der Waals surface area contributed by atoms with Gasteiger partial charge in [0.25, 0.3) is 0 Å². The van der Waals surface area contributed by atoms with Crippen molar-refractivity contribution < 1.29 is 27.5 Å². The summed E-state index contributed by atoms with van der Waals surface area (Å²) in [6.45, 7) is 3.57. The first-order valence-electron chi connectivity index (χ1n) is 8.11. The maximum Gasteiger partial charge on any atom is 0.471 e. The highest BCUT2D eigenvalue weighted by Crippen LogP contribution is 2.28. The summed E-state index contributed by atoms with van der Waals surface area (Å²) >= 11 is 0. The molecule has 1 aliphatic rings. The number of para-hydroxylation sites is 2. The van der Waals surface area contributed by atoms with Crippen LogP contribution in [0.3, 0.4) is 0 Å². The van der Waals surface area contributed by atoms with Crippen LogP contribution in [0, 0.1) is 5.92 Å². The number of nitrogens with zero attached hydrogens (tertiary/aromatic N) is 1. The average Bonchev–Trinajstić information content (AvgIpc) is 2.54. The minimum atomic E-state index is -4.87. The summed E-state index contributed by atoms with van der Waals surface area (Å²) in [5.74, 6) is -2.03. The van der Waals surface area contributed by atoms with Gasteiger partial charge < -0.3 is 15.0 Å². The Labute approximate surface area is 144 Å². The van der Waals surface area contributed by atoms with Crippen molar-refractivity contribution in [2.45, 2.75) is 39.0 Å². The van der Waals surface area contributed by atoms with Gasteiger partial charge in [-0.25, -0.2) is 0 Å². The van der Waals surface area contributed by atoms with E-state index < -0.39 is 18.0 Å². The van der Waals surface area contributed by atoms with Crippen LogP contribution in [0.4, 0.5) is 18.9 Å². The summed E-state index contributed by atoms with van der Waals surface area (Å²) in [5, 5.41) is 2.77. The van der Waals surface area contributed by atoms with Gasteiger partial charge in [-0.2, -0.15) is 13.2 Å². The molecule has 0 unspecified atom stereocenters. The Morgan fingerprint density at radius 2 is 1.80 bits per heavy atom. The summed E-state index contributed by atoms with van der Waals surface area (Å²) in [6, 6.07) is 6.99. The number of piperidine rings is 1. The highest BCUT2D eigenvalue weighted by atomic mass is 19.4. The molecular formula is C17H21F3N2O3. The third-order valence-electron chi connectivity index (χ3n) is 3.90. The van der Waals surface area contributed by atoms with E-state index in [1.807, 2.05) is 13.8 Å². The first kappa shape index (κ1) is 19.1. The number of rotatable bonds is 4. The minimum absolute atomic E-state index is 0.0605. The van der Waals surface area contributed by atoms with Crippen LogP contribution in [0.15, 0.2) is 24.3 Å². The number of anilines is 1. The molecule has 1 saturated heterocycles. The molecule has 0 saturated carbocycles. The Morgan fingerprint density at radius 3 is 2.36 bits per heavy atom. The van der Waals surface area contributed by atoms with Gasteiger partial charge in [-0.1, -0.05) is 12.1 Å². The second-order valence-corrected chi connectivity index (χ2v) is 6.22. The van der Waals surface area contributed by atoms with Crippen LogP contribution in [-0.4, -0.2) is 42.1 Å². The predicted molar refractivity (Wildman–Crippen MR) is 86.2 cm³/mol. The molecule has 25 heavy (non-hydrogen) atoms. The van der Waals surface area contributed by atoms with E-state index in [4.69, 9.17) is 4.74 Å². The zero-order valence-electron chi connectivity index (χ0n) is 14.1. The van der Waals surface area contributed by atoms with Crippen LogP contribution in [0.2, 0.25) is 0 Å². The van der Waals surface area contributed by atoms with Crippen molar-refractivity contribution in [1.29, 1.82) is 0 Å². The fourth-order valence-electron chi connectivity index (χ4n) is 2.69. The van der Waals surface area contributed by atoms with E-state index in [0.29, 0.717) is 11.4 Å². The van der Waals surface area contributed by atoms with Crippen molar-refractivity contribution in [3.63, 3.8) is 0 Å². The van der Waals surface area contributed by atoms with E-state index in [9.17, 15) is 22.8 Å². The molecule has 138 valence electrons. The first-order valence-corrected chi connectivity index (χ1v) is 8.11. The van der Waals surface area contributed by atoms with Crippen LogP contribution < -0.4 is 10.1 Å². The van der Waals surface area contributed by atoms with Gasteiger partial charge in [-0.05, 0) is 38.8 Å². The Bertz CT molecular complexity index is 624. The Morgan fingerprint density at radius 1 is 1.20 bits per heavy atom. The molecule has 0 radical (unpaired) electrons. The fraction of sp³-hybridized carbons (Fsp3) is 0.529. The number of alkyl halides is 3. The van der Waals surface area contributed by atoms with Gasteiger partial charge in [-0.15, -0.1) is 0 Å². The van der Waals surface area contributed by atoms with Crippen LogP contribution >= 0.6 is 0 Å². The molecule has 1 aromatic rings. The minimum Gasteiger partial charge on any atom is -0.489 e. The molecule has 0 spiro atoms. The Kier molecular flexibility index (Phi) is 5.92. The molecule has 1 N–H and O–H groups in total. The van der Waals surface area contributed by atoms with Gasteiger partial charge in [0.05, 0.1) is 11.8 Å². The third kappa shape index (κ3) is 5.11. The summed E-state index contributed by atoms with van der Waals surface area (Å²) < 4.78 is 43.0. The van der Waals surface area contributed by atoms with Gasteiger partial charge in [-0.3, -0.25) is 9.59 Å². The number of hydrogen-bond donors (Lipinski definition) is 1. The summed E-state index contributed by atoms with van der Waals surface area (Å²) in [7, 11) is 0. The van der Waals surface area contributed by atoms with E-state index in [1.165, 1.54) is 0 Å². The predicted octanol–water partition coefficient (Wildman–Crippen LogP) is 3.21. The highest BCUT2D eigenvalue weighted by Gasteiger charge is 2.43. The monoisotopic (exact) mass is 358 g/mol. The smallest absolute Gasteiger partial charge is 0.471 e. The highest BCUT2D eigenvalue weighted by molar-refractivity contribution is 5.94. The lowest BCUT2D eigenvalue weighted by Gasteiger charge is -2.31. The molecular weight excluding hydrogens is 337 g/mol. The van der Waals surface area contributed by atoms with Gasteiger partial charge in [0.15, 0.2) is 0 Å². The van der Waals surface area contributed by atoms with Crippen LogP contribution in [0.5, 0.6) is 5.75 Å². The standard InChI is InChI=1S/C17H21F3N2O3/c1-11(2)25-14-6-4-3-5-13(14)21-15(23)12-7-9-22(10-8-12)16(24)17(18,19)20/h3-6,11-12H,7-10H2,1-2H3,(H,21,23). The second kappa shape index (κ2) is 7.76. The molecule has 1 fully saturated rings. The number of carbonyl (C=O) groups excluding carboxylic acids is 2. The quantitative estimate of drug-likeness (QED) is 0.899. The topological polar surface area (TPSA) is 58.6 Å². The molecule has 1 aromatic carbocycles. The number of benzene rings is 1. The van der Waals surface area contributed by atoms with E-state index >= 15 is 0 Å². The van der Waals surface area contributed by atoms with Gasteiger partial charge in [0, 0.05) is 19.0 Å². The number of ether oxygens (including phenoxy) is 1. The molecule has 2 amide bonds.